The Bertz CT molecular complexity index is 690. The predicted molar refractivity (Wildman–Crippen MR) is 91.2 cm³/mol. The Morgan fingerprint density at radius 2 is 2.13 bits per heavy atom. The quantitative estimate of drug-likeness (QED) is 0.793. The maximum atomic E-state index is 12.0. The first kappa shape index (κ1) is 17.1. The van der Waals surface area contributed by atoms with E-state index < -0.39 is 0 Å². The number of nitrogens with zero attached hydrogens (tertiary/aromatic N) is 3. The second-order valence-electron chi connectivity index (χ2n) is 5.29. The smallest absolute Gasteiger partial charge is 0.232 e. The van der Waals surface area contributed by atoms with Gasteiger partial charge >= 0.3 is 0 Å². The monoisotopic (exact) mass is 328 g/mol. The fourth-order valence-corrected chi connectivity index (χ4v) is 2.96. The number of aryl methyl sites for hydroxylation is 1. The third-order valence-corrected chi connectivity index (χ3v) is 4.35. The minimum atomic E-state index is 0.00362. The molecule has 1 N–H and O–H groups in total. The highest BCUT2D eigenvalue weighted by atomic mass is 32.2. The van der Waals surface area contributed by atoms with Gasteiger partial charge in [-0.3, -0.25) is 4.79 Å². The van der Waals surface area contributed by atoms with Gasteiger partial charge in [-0.15, -0.1) is 0 Å². The van der Waals surface area contributed by atoms with Gasteiger partial charge in [0.1, 0.15) is 0 Å². The molecule has 1 heterocycles. The van der Waals surface area contributed by atoms with Crippen molar-refractivity contribution in [1.29, 1.82) is 5.26 Å². The Kier molecular flexibility index (Phi) is 6.24. The number of H-pyrrole nitrogens is 1. The van der Waals surface area contributed by atoms with E-state index in [-0.39, 0.29) is 5.91 Å². The molecule has 2 rings (SSSR count). The number of benzene rings is 1. The fourth-order valence-electron chi connectivity index (χ4n) is 2.08. The zero-order valence-corrected chi connectivity index (χ0v) is 14.2. The summed E-state index contributed by atoms with van der Waals surface area (Å²) in [5, 5.41) is 9.31. The third kappa shape index (κ3) is 5.15. The molecule has 1 aromatic heterocycles. The van der Waals surface area contributed by atoms with Crippen LogP contribution in [0.15, 0.2) is 35.5 Å². The largest absolute Gasteiger partial charge is 0.344 e. The number of carbonyl (C=O) groups is 1. The molecule has 0 spiro atoms. The normalized spacial score (nSPS) is 10.3. The van der Waals surface area contributed by atoms with E-state index in [2.05, 4.69) is 22.1 Å². The molecular weight excluding hydrogens is 308 g/mol. The molecule has 6 heteroatoms. The Morgan fingerprint density at radius 3 is 2.83 bits per heavy atom. The first-order valence-corrected chi connectivity index (χ1v) is 8.42. The maximum absolute atomic E-state index is 12.0. The van der Waals surface area contributed by atoms with Crippen LogP contribution in [0.2, 0.25) is 0 Å². The molecule has 0 aliphatic rings. The third-order valence-electron chi connectivity index (χ3n) is 3.50. The number of hydrogen-bond acceptors (Lipinski definition) is 4. The molecule has 0 bridgehead atoms. The van der Waals surface area contributed by atoms with Crippen LogP contribution in [0.1, 0.15) is 23.4 Å². The molecule has 0 aliphatic carbocycles. The number of thioether (sulfide) groups is 1. The van der Waals surface area contributed by atoms with Gasteiger partial charge in [-0.1, -0.05) is 42.1 Å². The van der Waals surface area contributed by atoms with E-state index in [0.717, 1.165) is 23.0 Å². The van der Waals surface area contributed by atoms with Gasteiger partial charge in [0, 0.05) is 25.7 Å². The second kappa shape index (κ2) is 8.39. The number of nitrogens with one attached hydrogen (secondary N) is 1. The minimum absolute atomic E-state index is 0.00362. The number of aromatic amines is 1. The van der Waals surface area contributed by atoms with Crippen LogP contribution in [-0.4, -0.2) is 40.1 Å². The molecule has 0 saturated carbocycles. The van der Waals surface area contributed by atoms with Crippen molar-refractivity contribution in [3.05, 3.63) is 47.3 Å². The number of aromatic nitrogens is 2. The molecule has 1 amide bonds. The summed E-state index contributed by atoms with van der Waals surface area (Å²) in [6, 6.07) is 12.2. The maximum Gasteiger partial charge on any atom is 0.232 e. The molecule has 0 aliphatic heterocycles. The van der Waals surface area contributed by atoms with Crippen LogP contribution in [0.4, 0.5) is 0 Å². The molecule has 120 valence electrons. The van der Waals surface area contributed by atoms with Crippen molar-refractivity contribution in [3.63, 3.8) is 0 Å². The van der Waals surface area contributed by atoms with Crippen molar-refractivity contribution in [1.82, 2.24) is 14.9 Å². The fraction of sp³-hybridized carbons (Fsp3) is 0.353. The number of carbonyl (C=O) groups excluding carboxylic acids is 1. The lowest BCUT2D eigenvalue weighted by Crippen LogP contribution is -2.29. The average molecular weight is 328 g/mol. The number of nitriles is 1. The molecule has 0 radical (unpaired) electrons. The molecule has 0 atom stereocenters. The summed E-state index contributed by atoms with van der Waals surface area (Å²) in [5.74, 6) is 0.323. The summed E-state index contributed by atoms with van der Waals surface area (Å²) in [6.45, 7) is 2.46. The van der Waals surface area contributed by atoms with Crippen LogP contribution in [-0.2, 0) is 11.2 Å². The summed E-state index contributed by atoms with van der Waals surface area (Å²) < 4.78 is 0. The summed E-state index contributed by atoms with van der Waals surface area (Å²) >= 11 is 1.40. The number of amides is 1. The van der Waals surface area contributed by atoms with E-state index in [1.165, 1.54) is 17.3 Å². The Labute approximate surface area is 140 Å². The van der Waals surface area contributed by atoms with Gasteiger partial charge in [0.2, 0.25) is 5.91 Å². The first-order valence-electron chi connectivity index (χ1n) is 7.43. The lowest BCUT2D eigenvalue weighted by molar-refractivity contribution is -0.127. The van der Waals surface area contributed by atoms with E-state index >= 15 is 0 Å². The first-order chi connectivity index (χ1) is 11.1. The van der Waals surface area contributed by atoms with Crippen molar-refractivity contribution in [2.45, 2.75) is 24.9 Å². The van der Waals surface area contributed by atoms with E-state index in [0.29, 0.717) is 18.7 Å². The van der Waals surface area contributed by atoms with Crippen LogP contribution in [0.5, 0.6) is 0 Å². The van der Waals surface area contributed by atoms with Gasteiger partial charge in [-0.05, 0) is 12.5 Å². The van der Waals surface area contributed by atoms with Gasteiger partial charge in [-0.25, -0.2) is 4.98 Å². The molecular formula is C17H20N4OS. The van der Waals surface area contributed by atoms with Crippen LogP contribution in [0.3, 0.4) is 0 Å². The highest BCUT2D eigenvalue weighted by Gasteiger charge is 2.12. The molecule has 1 aromatic carbocycles. The van der Waals surface area contributed by atoms with Crippen molar-refractivity contribution in [2.24, 2.45) is 0 Å². The summed E-state index contributed by atoms with van der Waals surface area (Å²) in [7, 11) is 1.72. The van der Waals surface area contributed by atoms with Crippen molar-refractivity contribution in [2.75, 3.05) is 19.3 Å². The van der Waals surface area contributed by atoms with E-state index in [9.17, 15) is 4.79 Å². The molecule has 5 nitrogen and oxygen atoms in total. The molecule has 0 unspecified atom stereocenters. The summed E-state index contributed by atoms with van der Waals surface area (Å²) in [6.07, 6.45) is 1.13. The van der Waals surface area contributed by atoms with Gasteiger partial charge in [-0.2, -0.15) is 5.26 Å². The van der Waals surface area contributed by atoms with Crippen molar-refractivity contribution < 1.29 is 4.79 Å². The van der Waals surface area contributed by atoms with Crippen LogP contribution in [0, 0.1) is 18.3 Å². The van der Waals surface area contributed by atoms with Gasteiger partial charge < -0.3 is 9.88 Å². The van der Waals surface area contributed by atoms with E-state index in [4.69, 9.17) is 5.26 Å². The zero-order chi connectivity index (χ0) is 16.7. The van der Waals surface area contributed by atoms with E-state index in [1.807, 2.05) is 31.2 Å². The van der Waals surface area contributed by atoms with Crippen LogP contribution in [0.25, 0.3) is 0 Å². The number of hydrogen-bond donors (Lipinski definition) is 1. The van der Waals surface area contributed by atoms with Gasteiger partial charge in [0.15, 0.2) is 5.16 Å². The number of imidazole rings is 1. The lowest BCUT2D eigenvalue weighted by atomic mass is 10.1. The van der Waals surface area contributed by atoms with Crippen LogP contribution < -0.4 is 0 Å². The molecule has 23 heavy (non-hydrogen) atoms. The Morgan fingerprint density at radius 1 is 1.39 bits per heavy atom. The highest BCUT2D eigenvalue weighted by molar-refractivity contribution is 7.99. The Hall–Kier alpha value is -2.26. The van der Waals surface area contributed by atoms with Crippen LogP contribution >= 0.6 is 11.8 Å². The minimum Gasteiger partial charge on any atom is -0.344 e. The second-order valence-corrected chi connectivity index (χ2v) is 6.25. The van der Waals surface area contributed by atoms with Crippen molar-refractivity contribution in [3.8, 4) is 6.07 Å². The van der Waals surface area contributed by atoms with Gasteiger partial charge in [0.25, 0.3) is 0 Å². The summed E-state index contributed by atoms with van der Waals surface area (Å²) in [5.41, 5.74) is 3.25. The lowest BCUT2D eigenvalue weighted by Gasteiger charge is -2.14. The number of rotatable bonds is 7. The average Bonchev–Trinajstić information content (AvgIpc) is 2.91. The SMILES string of the molecule is Cc1[nH]c(SCC(=O)N(C)CCC#N)nc1Cc1ccccc1. The highest BCUT2D eigenvalue weighted by Crippen LogP contribution is 2.19. The standard InChI is InChI=1S/C17H20N4OS/c1-13-15(11-14-7-4-3-5-8-14)20-17(19-13)23-12-16(22)21(2)10-6-9-18/h3-5,7-8H,6,10-12H2,1-2H3,(H,19,20). The summed E-state index contributed by atoms with van der Waals surface area (Å²) in [4.78, 5) is 21.4. The Balaban J connectivity index is 1.91. The van der Waals surface area contributed by atoms with Gasteiger partial charge in [0.05, 0.1) is 23.9 Å². The van der Waals surface area contributed by atoms with Crippen molar-refractivity contribution >= 4 is 17.7 Å². The van der Waals surface area contributed by atoms with E-state index in [1.54, 1.807) is 11.9 Å². The molecule has 0 fully saturated rings. The predicted octanol–water partition coefficient (Wildman–Crippen LogP) is 2.77. The molecule has 2 aromatic rings. The topological polar surface area (TPSA) is 72.8 Å². The zero-order valence-electron chi connectivity index (χ0n) is 13.4. The molecule has 0 saturated heterocycles.